The van der Waals surface area contributed by atoms with Crippen molar-refractivity contribution in [2.75, 3.05) is 0 Å². The average Bonchev–Trinajstić information content (AvgIpc) is 2.25. The van der Waals surface area contributed by atoms with Crippen molar-refractivity contribution in [3.63, 3.8) is 0 Å². The molecule has 0 unspecified atom stereocenters. The first-order chi connectivity index (χ1) is 7.24. The molecule has 0 spiro atoms. The van der Waals surface area contributed by atoms with Crippen LogP contribution in [0.2, 0.25) is 0 Å². The van der Waals surface area contributed by atoms with Crippen LogP contribution in [0.1, 0.15) is 11.1 Å². The van der Waals surface area contributed by atoms with Gasteiger partial charge in [-0.2, -0.15) is 0 Å². The van der Waals surface area contributed by atoms with Crippen molar-refractivity contribution in [2.24, 2.45) is 0 Å². The number of hydrogen-bond acceptors (Lipinski definition) is 0. The molecule has 0 aliphatic carbocycles. The molecule has 0 aliphatic rings. The van der Waals surface area contributed by atoms with E-state index in [1.807, 2.05) is 0 Å². The predicted molar refractivity (Wildman–Crippen MR) is 74.3 cm³/mol. The zero-order valence-corrected chi connectivity index (χ0v) is 13.2. The van der Waals surface area contributed by atoms with Crippen molar-refractivity contribution in [3.05, 3.63) is 59.7 Å². The van der Waals surface area contributed by atoms with E-state index < -0.39 is 0 Å². The summed E-state index contributed by atoms with van der Waals surface area (Å²) in [6.45, 7) is 4.24. The monoisotopic (exact) mass is 272 g/mol. The van der Waals surface area contributed by atoms with Crippen LogP contribution in [0.25, 0.3) is 0 Å². The van der Waals surface area contributed by atoms with Gasteiger partial charge < -0.3 is 21.0 Å². The molecule has 2 aromatic carbocycles. The molecule has 84 valence electrons. The Morgan fingerprint density at radius 2 is 0.941 bits per heavy atom. The average molecular weight is 273 g/mol. The summed E-state index contributed by atoms with van der Waals surface area (Å²) in [6, 6.07) is 17.4. The van der Waals surface area contributed by atoms with E-state index >= 15 is 0 Å². The van der Waals surface area contributed by atoms with Crippen molar-refractivity contribution in [2.45, 2.75) is 13.8 Å². The normalized spacial score (nSPS) is 9.06. The van der Waals surface area contributed by atoms with Gasteiger partial charge >= 0.3 is 23.1 Å². The van der Waals surface area contributed by atoms with Gasteiger partial charge in [-0.15, -0.1) is 0 Å². The molecule has 17 heavy (non-hydrogen) atoms. The van der Waals surface area contributed by atoms with E-state index in [0.29, 0.717) is 0 Å². The van der Waals surface area contributed by atoms with Crippen LogP contribution in [0, 0.1) is 13.8 Å². The second-order valence-corrected chi connectivity index (χ2v) is 5.04. The van der Waals surface area contributed by atoms with Gasteiger partial charge in [0.1, 0.15) is 0 Å². The minimum atomic E-state index is 0. The number of halogens is 1. The number of benzene rings is 2. The summed E-state index contributed by atoms with van der Waals surface area (Å²) in [5.41, 5.74) is 2.63. The summed E-state index contributed by atoms with van der Waals surface area (Å²) in [4.78, 5) is 0. The predicted octanol–water partition coefficient (Wildman–Crippen LogP) is -0.176. The van der Waals surface area contributed by atoms with Gasteiger partial charge in [-0.05, 0) is 13.8 Å². The van der Waals surface area contributed by atoms with Gasteiger partial charge in [0, 0.05) is 0 Å². The maximum absolute atomic E-state index is 2.19. The van der Waals surface area contributed by atoms with Gasteiger partial charge in [0.15, 0.2) is 0 Å². The Bertz CT molecular complexity index is 393. The van der Waals surface area contributed by atoms with E-state index in [-0.39, 0.29) is 35.5 Å². The molecule has 0 saturated heterocycles. The second-order valence-electron chi connectivity index (χ2n) is 3.78. The summed E-state index contributed by atoms with van der Waals surface area (Å²) in [6.07, 6.45) is 0. The Labute approximate surface area is 128 Å². The quantitative estimate of drug-likeness (QED) is 0.526. The van der Waals surface area contributed by atoms with Crippen LogP contribution in [-0.4, -0.2) is 23.1 Å². The van der Waals surface area contributed by atoms with Crippen molar-refractivity contribution < 1.29 is 12.4 Å². The van der Waals surface area contributed by atoms with Gasteiger partial charge in [-0.25, -0.2) is 10.6 Å². The fraction of sp³-hybridized carbons (Fsp3) is 0.143. The zero-order chi connectivity index (χ0) is 10.7. The molecule has 0 nitrogen and oxygen atoms in total. The van der Waals surface area contributed by atoms with Crippen LogP contribution in [0.4, 0.5) is 0 Å². The third kappa shape index (κ3) is 5.40. The molecule has 0 bridgehead atoms. The molecule has 0 saturated carbocycles. The molecule has 3 heteroatoms. The van der Waals surface area contributed by atoms with E-state index in [0.717, 1.165) is 0 Å². The molecule has 0 heterocycles. The third-order valence-electron chi connectivity index (χ3n) is 2.33. The van der Waals surface area contributed by atoms with Gasteiger partial charge in [-0.3, -0.25) is 0 Å². The molecule has 0 amide bonds. The first-order valence-corrected chi connectivity index (χ1v) is 5.98. The molecule has 2 rings (SSSR count). The maximum Gasteiger partial charge on any atom is 2.00 e. The first kappa shape index (κ1) is 16.9. The van der Waals surface area contributed by atoms with Crippen molar-refractivity contribution in [1.82, 2.24) is 0 Å². The van der Waals surface area contributed by atoms with Crippen LogP contribution in [-0.2, 0) is 0 Å². The molecular formula is C14H14ClMgP. The van der Waals surface area contributed by atoms with Crippen LogP contribution in [0.15, 0.2) is 48.5 Å². The maximum atomic E-state index is 2.19. The molecule has 0 radical (unpaired) electrons. The van der Waals surface area contributed by atoms with Crippen molar-refractivity contribution in [3.8, 4) is 0 Å². The zero-order valence-electron chi connectivity index (χ0n) is 10.2. The standard InChI is InChI=1S/C14H14P.ClH.Mg/c1-11-3-7-13(8-4-11)15-14-9-5-12(2)6-10-14;;/h3-10H,1-2H3;1H;/q-1;;+2/p-1. The summed E-state index contributed by atoms with van der Waals surface area (Å²) in [7, 11) is 1.29. The van der Waals surface area contributed by atoms with Gasteiger partial charge in [0.25, 0.3) is 0 Å². The Kier molecular flexibility index (Phi) is 8.07. The smallest absolute Gasteiger partial charge is 1.00 e. The Morgan fingerprint density at radius 1 is 0.647 bits per heavy atom. The third-order valence-corrected chi connectivity index (χ3v) is 3.44. The van der Waals surface area contributed by atoms with E-state index in [4.69, 9.17) is 0 Å². The van der Waals surface area contributed by atoms with Crippen LogP contribution in [0.5, 0.6) is 0 Å². The van der Waals surface area contributed by atoms with Crippen LogP contribution < -0.4 is 23.0 Å². The fourth-order valence-electron chi connectivity index (χ4n) is 1.39. The number of rotatable bonds is 2. The molecule has 2 aromatic rings. The Balaban J connectivity index is 0.00000128. The number of hydrogen-bond donors (Lipinski definition) is 0. The Morgan fingerprint density at radius 3 is 1.24 bits per heavy atom. The van der Waals surface area contributed by atoms with E-state index in [9.17, 15) is 0 Å². The topological polar surface area (TPSA) is 0 Å². The second kappa shape index (κ2) is 8.10. The molecule has 0 atom stereocenters. The van der Waals surface area contributed by atoms with E-state index in [1.54, 1.807) is 0 Å². The van der Waals surface area contributed by atoms with Gasteiger partial charge in [0.05, 0.1) is 0 Å². The number of aryl methyl sites for hydroxylation is 2. The largest absolute Gasteiger partial charge is 2.00 e. The van der Waals surface area contributed by atoms with E-state index in [2.05, 4.69) is 62.4 Å². The molecule has 0 fully saturated rings. The molecule has 0 aliphatic heterocycles. The first-order valence-electron chi connectivity index (χ1n) is 5.09. The van der Waals surface area contributed by atoms with E-state index in [1.165, 1.54) is 30.3 Å². The van der Waals surface area contributed by atoms with Crippen molar-refractivity contribution in [1.29, 1.82) is 0 Å². The summed E-state index contributed by atoms with van der Waals surface area (Å²) in [5, 5.41) is 2.70. The van der Waals surface area contributed by atoms with Gasteiger partial charge in [0.2, 0.25) is 0 Å². The fourth-order valence-corrected chi connectivity index (χ4v) is 2.28. The van der Waals surface area contributed by atoms with Crippen LogP contribution in [0.3, 0.4) is 0 Å². The van der Waals surface area contributed by atoms with Crippen LogP contribution >= 0.6 is 8.58 Å². The molecule has 0 N–H and O–H groups in total. The minimum absolute atomic E-state index is 0. The Hall–Kier alpha value is -0.0738. The SMILES string of the molecule is Cc1ccc([P-]c2ccc(C)cc2)cc1.[Cl-].[Mg+2]. The minimum Gasteiger partial charge on any atom is -1.00 e. The van der Waals surface area contributed by atoms with Gasteiger partial charge in [-0.1, -0.05) is 59.7 Å². The summed E-state index contributed by atoms with van der Waals surface area (Å²) < 4.78 is 0. The summed E-state index contributed by atoms with van der Waals surface area (Å²) >= 11 is 0. The summed E-state index contributed by atoms with van der Waals surface area (Å²) in [5.74, 6) is 0. The molecular weight excluding hydrogens is 259 g/mol. The van der Waals surface area contributed by atoms with Crippen molar-refractivity contribution >= 4 is 42.2 Å². The molecule has 0 aromatic heterocycles.